The summed E-state index contributed by atoms with van der Waals surface area (Å²) in [6.07, 6.45) is 1.53. The average Bonchev–Trinajstić information content (AvgIpc) is 1.51. The minimum absolute atomic E-state index is 0.00197. The summed E-state index contributed by atoms with van der Waals surface area (Å²) < 4.78 is 25.2. The van der Waals surface area contributed by atoms with Crippen LogP contribution in [0.15, 0.2) is 203 Å². The molecule has 0 spiro atoms. The Balaban J connectivity index is 1.15. The lowest BCUT2D eigenvalue weighted by Gasteiger charge is -2.32. The molecule has 0 N–H and O–H groups in total. The molecule has 0 aliphatic heterocycles. The lowest BCUT2D eigenvalue weighted by molar-refractivity contribution is -0.167. The molecule has 0 unspecified atom stereocenters. The Bertz CT molecular complexity index is 4350. The van der Waals surface area contributed by atoms with Crippen LogP contribution in [0.4, 0.5) is 5.00 Å². The largest absolute Gasteiger partial charge is 0.459 e. The van der Waals surface area contributed by atoms with Gasteiger partial charge >= 0.3 is 23.9 Å². The Kier molecular flexibility index (Phi) is 14.5. The van der Waals surface area contributed by atoms with Crippen molar-refractivity contribution in [2.75, 3.05) is 0 Å². The van der Waals surface area contributed by atoms with Crippen molar-refractivity contribution < 1.29 is 42.9 Å². The summed E-state index contributed by atoms with van der Waals surface area (Å²) in [5.41, 5.74) is -2.88. The second-order valence-electron chi connectivity index (χ2n) is 19.8. The van der Waals surface area contributed by atoms with Crippen LogP contribution < -0.4 is 0 Å². The van der Waals surface area contributed by atoms with Crippen LogP contribution in [-0.4, -0.2) is 41.1 Å². The number of hydrogen-bond donors (Lipinski definition) is 0. The molecule has 17 heteroatoms. The zero-order chi connectivity index (χ0) is 58.8. The van der Waals surface area contributed by atoms with Crippen LogP contribution in [0.5, 0.6) is 0 Å². The fourth-order valence-electron chi connectivity index (χ4n) is 11.1. The van der Waals surface area contributed by atoms with E-state index in [0.717, 1.165) is 22.7 Å². The molecule has 6 aromatic carbocycles. The molecule has 4 aliphatic rings. The molecule has 0 fully saturated rings. The number of rotatable bonds is 14. The fourth-order valence-corrected chi connectivity index (χ4v) is 13.7. The summed E-state index contributed by atoms with van der Waals surface area (Å²) in [4.78, 5) is 89.8. The van der Waals surface area contributed by atoms with Gasteiger partial charge in [0.2, 0.25) is 16.6 Å². The van der Waals surface area contributed by atoms with Gasteiger partial charge in [-0.15, -0.1) is 22.7 Å². The van der Waals surface area contributed by atoms with Gasteiger partial charge in [-0.3, -0.25) is 29.0 Å². The first-order chi connectivity index (χ1) is 41.5. The van der Waals surface area contributed by atoms with Gasteiger partial charge in [0.1, 0.15) is 72.6 Å². The highest BCUT2D eigenvalue weighted by molar-refractivity contribution is 7.25. The third-order valence-electron chi connectivity index (χ3n) is 15.0. The number of aliphatic imine (C=N–C) groups is 2. The van der Waals surface area contributed by atoms with E-state index in [0.29, 0.717) is 38.9 Å². The number of hydrogen-bond acceptors (Lipinski definition) is 17. The number of thiophene rings is 2. The third kappa shape index (κ3) is 9.23. The van der Waals surface area contributed by atoms with E-state index in [4.69, 9.17) is 28.9 Å². The summed E-state index contributed by atoms with van der Waals surface area (Å²) in [6, 6.07) is 57.6. The van der Waals surface area contributed by atoms with Crippen molar-refractivity contribution in [3.63, 3.8) is 0 Å². The molecule has 85 heavy (non-hydrogen) atoms. The number of ether oxygens (including phenoxy) is 4. The van der Waals surface area contributed by atoms with E-state index < -0.39 is 40.5 Å². The highest BCUT2D eigenvalue weighted by atomic mass is 32.1. The van der Waals surface area contributed by atoms with Crippen molar-refractivity contribution in [1.82, 2.24) is 0 Å². The SMILES string of the molecule is N#CC(C#N)=C1C(=NC2=Cc3sc4c(c3C2(C(=O)OCc2ccccc2)C(=O)OCc2ccccc2)C(C(=O)OCc2ccccc2)(C(=O)OCc2ccccc2)c2cc(N=C3C(=O)c5ccccc5C3=C(C#N)C#N)sc2-4)Cc2ccccc21. The van der Waals surface area contributed by atoms with Crippen LogP contribution in [0.1, 0.15) is 70.9 Å². The van der Waals surface area contributed by atoms with E-state index in [1.807, 2.05) is 30.3 Å². The van der Waals surface area contributed by atoms with Gasteiger partial charge in [0.05, 0.1) is 21.2 Å². The van der Waals surface area contributed by atoms with Crippen LogP contribution in [0, 0.1) is 45.3 Å². The van der Waals surface area contributed by atoms with Crippen molar-refractivity contribution in [1.29, 1.82) is 21.0 Å². The number of Topliss-reactive ketones (excluding diaryl/α,β-unsaturated/α-hetero) is 1. The van der Waals surface area contributed by atoms with Crippen LogP contribution in [0.2, 0.25) is 0 Å². The molecular formula is C68H40N6O9S2. The Hall–Kier alpha value is -11.2. The maximum Gasteiger partial charge on any atom is 0.334 e. The van der Waals surface area contributed by atoms with Crippen LogP contribution in [0.25, 0.3) is 27.0 Å². The zero-order valence-corrected chi connectivity index (χ0v) is 46.2. The predicted molar refractivity (Wildman–Crippen MR) is 315 cm³/mol. The number of benzene rings is 6. The van der Waals surface area contributed by atoms with Gasteiger partial charge in [0.15, 0.2) is 0 Å². The molecule has 12 rings (SSSR count). The number of allylic oxidation sites excluding steroid dienone is 4. The monoisotopic (exact) mass is 1150 g/mol. The topological polar surface area (TPSA) is 242 Å². The van der Waals surface area contributed by atoms with E-state index in [9.17, 15) is 25.8 Å². The molecule has 0 atom stereocenters. The van der Waals surface area contributed by atoms with Crippen molar-refractivity contribution in [3.8, 4) is 34.0 Å². The third-order valence-corrected chi connectivity index (χ3v) is 17.3. The number of carbonyl (C=O) groups excluding carboxylic acids is 5. The maximum atomic E-state index is 16.2. The molecular weight excluding hydrogens is 1110 g/mol. The van der Waals surface area contributed by atoms with Crippen LogP contribution in [-0.2, 0) is 81.8 Å². The molecule has 2 heterocycles. The first kappa shape index (κ1) is 54.4. The number of ketones is 1. The number of nitriles is 4. The summed E-state index contributed by atoms with van der Waals surface area (Å²) in [5, 5.41) is 41.3. The number of fused-ring (bicyclic) bond motifs is 7. The molecule has 0 bridgehead atoms. The zero-order valence-electron chi connectivity index (χ0n) is 44.5. The molecule has 2 aromatic heterocycles. The molecule has 0 saturated carbocycles. The number of carbonyl (C=O) groups is 5. The smallest absolute Gasteiger partial charge is 0.334 e. The van der Waals surface area contributed by atoms with E-state index >= 15 is 19.2 Å². The summed E-state index contributed by atoms with van der Waals surface area (Å²) in [7, 11) is 0. The maximum absolute atomic E-state index is 16.2. The average molecular weight is 1150 g/mol. The van der Waals surface area contributed by atoms with Gasteiger partial charge in [0, 0.05) is 44.7 Å². The first-order valence-electron chi connectivity index (χ1n) is 26.4. The molecule has 15 nitrogen and oxygen atoms in total. The van der Waals surface area contributed by atoms with Crippen LogP contribution in [0.3, 0.4) is 0 Å². The highest BCUT2D eigenvalue weighted by Crippen LogP contribution is 2.65. The van der Waals surface area contributed by atoms with Crippen LogP contribution >= 0.6 is 22.7 Å². The van der Waals surface area contributed by atoms with E-state index in [1.165, 1.54) is 12.1 Å². The predicted octanol–water partition coefficient (Wildman–Crippen LogP) is 11.9. The quantitative estimate of drug-likeness (QED) is 0.0426. The molecule has 4 aliphatic carbocycles. The van der Waals surface area contributed by atoms with E-state index in [1.54, 1.807) is 164 Å². The van der Waals surface area contributed by atoms with Gasteiger partial charge in [-0.25, -0.2) is 4.99 Å². The van der Waals surface area contributed by atoms with Gasteiger partial charge in [-0.05, 0) is 51.1 Å². The second-order valence-corrected chi connectivity index (χ2v) is 21.9. The highest BCUT2D eigenvalue weighted by Gasteiger charge is 2.68. The Morgan fingerprint density at radius 1 is 0.482 bits per heavy atom. The lowest BCUT2D eigenvalue weighted by Crippen LogP contribution is -2.51. The van der Waals surface area contributed by atoms with E-state index in [2.05, 4.69) is 0 Å². The lowest BCUT2D eigenvalue weighted by atomic mass is 9.70. The minimum Gasteiger partial charge on any atom is -0.459 e. The Morgan fingerprint density at radius 2 is 0.918 bits per heavy atom. The van der Waals surface area contributed by atoms with Crippen molar-refractivity contribution in [2.45, 2.75) is 43.7 Å². The molecule has 0 amide bonds. The van der Waals surface area contributed by atoms with Crippen molar-refractivity contribution in [2.24, 2.45) is 9.98 Å². The molecule has 0 radical (unpaired) electrons. The van der Waals surface area contributed by atoms with Crippen molar-refractivity contribution in [3.05, 3.63) is 259 Å². The first-order valence-corrected chi connectivity index (χ1v) is 28.1. The van der Waals surface area contributed by atoms with Gasteiger partial charge < -0.3 is 18.9 Å². The Labute approximate surface area is 493 Å². The van der Waals surface area contributed by atoms with Gasteiger partial charge in [-0.2, -0.15) is 21.0 Å². The second kappa shape index (κ2) is 22.6. The Morgan fingerprint density at radius 3 is 1.41 bits per heavy atom. The van der Waals surface area contributed by atoms with Gasteiger partial charge in [0.25, 0.3) is 0 Å². The molecule has 0 saturated heterocycles. The van der Waals surface area contributed by atoms with Gasteiger partial charge in [-0.1, -0.05) is 170 Å². The van der Waals surface area contributed by atoms with Crippen molar-refractivity contribution >= 4 is 86.0 Å². The standard InChI is InChI=1S/C68H40N6O9S2/c69-32-45(33-70)55-47-26-14-13-25-44(47)29-51(55)73-53-31-52-57(68(53,65(78)82-38-42-21-9-3-10-22-42)66(79)83-39-43-23-11-4-12-24-43)58-62(84-52)61-50(30-54(85-61)74-59-56(46(34-71)35-72)48-27-15-16-28-49(48)60(59)75)67(58,63(76)80-36-40-17-5-1-6-18-40)64(77)81-37-41-19-7-2-8-20-41/h1-28,30-31H,29,36-39H2. The summed E-state index contributed by atoms with van der Waals surface area (Å²) in [5.74, 6) is -5.35. The van der Waals surface area contributed by atoms with E-state index in [-0.39, 0.29) is 114 Å². The number of nitrogens with zero attached hydrogens (tertiary/aromatic N) is 6. The number of esters is 4. The molecule has 408 valence electrons. The minimum atomic E-state index is -2.80. The summed E-state index contributed by atoms with van der Waals surface area (Å²) >= 11 is 1.98. The normalized spacial score (nSPS) is 15.2. The fraction of sp³-hybridized carbons (Fsp3) is 0.103. The molecule has 8 aromatic rings. The summed E-state index contributed by atoms with van der Waals surface area (Å²) in [6.45, 7) is -1.49.